The van der Waals surface area contributed by atoms with Crippen molar-refractivity contribution >= 4 is 0 Å². The lowest BCUT2D eigenvalue weighted by Gasteiger charge is -2.19. The third kappa shape index (κ3) is 2.83. The summed E-state index contributed by atoms with van der Waals surface area (Å²) in [5, 5.41) is 3.19. The monoisotopic (exact) mass is 224 g/mol. The number of nitrogens with one attached hydrogen (secondary N) is 1. The third-order valence-corrected chi connectivity index (χ3v) is 3.03. The molecule has 0 saturated carbocycles. The Balaban J connectivity index is 1.95. The summed E-state index contributed by atoms with van der Waals surface area (Å²) in [7, 11) is 1.95. The predicted molar refractivity (Wildman–Crippen MR) is 61.3 cm³/mol. The van der Waals surface area contributed by atoms with Gasteiger partial charge in [0.2, 0.25) is 5.89 Å². The van der Waals surface area contributed by atoms with Gasteiger partial charge in [0, 0.05) is 19.1 Å². The van der Waals surface area contributed by atoms with Crippen LogP contribution in [0.25, 0.3) is 0 Å². The van der Waals surface area contributed by atoms with E-state index in [0.717, 1.165) is 37.5 Å². The second kappa shape index (κ2) is 5.46. The van der Waals surface area contributed by atoms with Gasteiger partial charge in [-0.1, -0.05) is 0 Å². The molecule has 2 unspecified atom stereocenters. The van der Waals surface area contributed by atoms with Gasteiger partial charge in [-0.25, -0.2) is 4.98 Å². The van der Waals surface area contributed by atoms with Gasteiger partial charge in [0.05, 0.1) is 5.69 Å². The molecule has 1 aliphatic rings. The fourth-order valence-corrected chi connectivity index (χ4v) is 1.92. The van der Waals surface area contributed by atoms with Gasteiger partial charge in [0.1, 0.15) is 12.4 Å². The van der Waals surface area contributed by atoms with E-state index in [1.54, 1.807) is 6.26 Å². The Morgan fingerprint density at radius 1 is 1.56 bits per heavy atom. The topological polar surface area (TPSA) is 47.3 Å². The molecule has 2 rings (SSSR count). The van der Waals surface area contributed by atoms with E-state index < -0.39 is 0 Å². The molecule has 1 saturated heterocycles. The Kier molecular flexibility index (Phi) is 3.96. The minimum Gasteiger partial charge on any atom is -0.446 e. The van der Waals surface area contributed by atoms with Crippen molar-refractivity contribution in [2.24, 2.45) is 0 Å². The van der Waals surface area contributed by atoms with Crippen LogP contribution in [0.1, 0.15) is 43.9 Å². The number of hydrogen-bond acceptors (Lipinski definition) is 4. The quantitative estimate of drug-likeness (QED) is 0.850. The van der Waals surface area contributed by atoms with Crippen LogP contribution in [0.5, 0.6) is 0 Å². The molecule has 0 aliphatic carbocycles. The van der Waals surface area contributed by atoms with E-state index in [1.807, 2.05) is 7.05 Å². The molecule has 1 aromatic heterocycles. The number of hydrogen-bond donors (Lipinski definition) is 1. The minimum atomic E-state index is 0.0763. The summed E-state index contributed by atoms with van der Waals surface area (Å²) in [4.78, 5) is 4.49. The van der Waals surface area contributed by atoms with E-state index in [1.165, 1.54) is 6.42 Å². The SMILES string of the molecule is CNC(C)Cc1coc(C2CCCCO2)n1. The fraction of sp³-hybridized carbons (Fsp3) is 0.750. The lowest BCUT2D eigenvalue weighted by Crippen LogP contribution is -2.23. The van der Waals surface area contributed by atoms with Gasteiger partial charge in [-0.2, -0.15) is 0 Å². The first-order valence-corrected chi connectivity index (χ1v) is 6.02. The summed E-state index contributed by atoms with van der Waals surface area (Å²) in [6.45, 7) is 2.96. The Bertz CT molecular complexity index is 319. The standard InChI is InChI=1S/C12H20N2O2/c1-9(13-2)7-10-8-16-12(14-10)11-5-3-4-6-15-11/h8-9,11,13H,3-7H2,1-2H3. The zero-order valence-electron chi connectivity index (χ0n) is 10.0. The lowest BCUT2D eigenvalue weighted by atomic mass is 10.1. The summed E-state index contributed by atoms with van der Waals surface area (Å²) in [5.74, 6) is 0.748. The van der Waals surface area contributed by atoms with Crippen LogP contribution in [-0.2, 0) is 11.2 Å². The van der Waals surface area contributed by atoms with Crippen molar-refractivity contribution in [2.45, 2.75) is 44.8 Å². The highest BCUT2D eigenvalue weighted by atomic mass is 16.5. The Hall–Kier alpha value is -0.870. The summed E-state index contributed by atoms with van der Waals surface area (Å²) in [5.41, 5.74) is 1.01. The molecule has 1 N–H and O–H groups in total. The van der Waals surface area contributed by atoms with Crippen LogP contribution in [0.15, 0.2) is 10.7 Å². The van der Waals surface area contributed by atoms with Crippen molar-refractivity contribution in [2.75, 3.05) is 13.7 Å². The molecule has 1 aliphatic heterocycles. The molecular weight excluding hydrogens is 204 g/mol. The van der Waals surface area contributed by atoms with E-state index in [-0.39, 0.29) is 6.10 Å². The van der Waals surface area contributed by atoms with Crippen molar-refractivity contribution in [3.8, 4) is 0 Å². The van der Waals surface area contributed by atoms with Crippen molar-refractivity contribution in [3.05, 3.63) is 17.8 Å². The number of likely N-dealkylation sites (N-methyl/N-ethyl adjacent to an activating group) is 1. The smallest absolute Gasteiger partial charge is 0.223 e. The van der Waals surface area contributed by atoms with Crippen molar-refractivity contribution in [3.63, 3.8) is 0 Å². The van der Waals surface area contributed by atoms with E-state index in [2.05, 4.69) is 17.2 Å². The van der Waals surface area contributed by atoms with Gasteiger partial charge < -0.3 is 14.5 Å². The Labute approximate surface area is 96.4 Å². The molecule has 4 heteroatoms. The second-order valence-electron chi connectivity index (χ2n) is 4.43. The molecule has 2 heterocycles. The molecule has 0 amide bonds. The number of oxazole rings is 1. The Morgan fingerprint density at radius 3 is 3.12 bits per heavy atom. The highest BCUT2D eigenvalue weighted by Gasteiger charge is 2.21. The molecule has 0 aromatic carbocycles. The molecule has 90 valence electrons. The molecule has 0 radical (unpaired) electrons. The first-order chi connectivity index (χ1) is 7.79. The summed E-state index contributed by atoms with van der Waals surface area (Å²) < 4.78 is 11.1. The van der Waals surface area contributed by atoms with Gasteiger partial charge in [-0.05, 0) is 33.2 Å². The molecule has 0 spiro atoms. The maximum absolute atomic E-state index is 5.64. The van der Waals surface area contributed by atoms with Crippen LogP contribution in [0.2, 0.25) is 0 Å². The molecule has 16 heavy (non-hydrogen) atoms. The van der Waals surface area contributed by atoms with Crippen LogP contribution in [0.4, 0.5) is 0 Å². The van der Waals surface area contributed by atoms with Crippen LogP contribution in [-0.4, -0.2) is 24.7 Å². The van der Waals surface area contributed by atoms with E-state index in [9.17, 15) is 0 Å². The third-order valence-electron chi connectivity index (χ3n) is 3.03. The van der Waals surface area contributed by atoms with Crippen LogP contribution >= 0.6 is 0 Å². The van der Waals surface area contributed by atoms with E-state index in [4.69, 9.17) is 9.15 Å². The van der Waals surface area contributed by atoms with Gasteiger partial charge in [-0.15, -0.1) is 0 Å². The van der Waals surface area contributed by atoms with Gasteiger partial charge in [0.15, 0.2) is 0 Å². The molecule has 4 nitrogen and oxygen atoms in total. The summed E-state index contributed by atoms with van der Waals surface area (Å²) in [6, 6.07) is 0.422. The normalized spacial score (nSPS) is 23.2. The fourth-order valence-electron chi connectivity index (χ4n) is 1.92. The highest BCUT2D eigenvalue weighted by Crippen LogP contribution is 2.27. The minimum absolute atomic E-state index is 0.0763. The largest absolute Gasteiger partial charge is 0.446 e. The molecular formula is C12H20N2O2. The first-order valence-electron chi connectivity index (χ1n) is 6.02. The van der Waals surface area contributed by atoms with Crippen LogP contribution < -0.4 is 5.32 Å². The molecule has 2 atom stereocenters. The summed E-state index contributed by atoms with van der Waals surface area (Å²) >= 11 is 0. The van der Waals surface area contributed by atoms with Gasteiger partial charge >= 0.3 is 0 Å². The second-order valence-corrected chi connectivity index (χ2v) is 4.43. The molecule has 1 aromatic rings. The van der Waals surface area contributed by atoms with Gasteiger partial charge in [0.25, 0.3) is 0 Å². The van der Waals surface area contributed by atoms with Crippen LogP contribution in [0, 0.1) is 0 Å². The number of nitrogens with zero attached hydrogens (tertiary/aromatic N) is 1. The lowest BCUT2D eigenvalue weighted by molar-refractivity contribution is -0.00149. The maximum Gasteiger partial charge on any atom is 0.223 e. The Morgan fingerprint density at radius 2 is 2.44 bits per heavy atom. The number of rotatable bonds is 4. The summed E-state index contributed by atoms with van der Waals surface area (Å²) in [6.07, 6.45) is 6.11. The van der Waals surface area contributed by atoms with Crippen LogP contribution in [0.3, 0.4) is 0 Å². The van der Waals surface area contributed by atoms with Crippen molar-refractivity contribution in [1.82, 2.24) is 10.3 Å². The van der Waals surface area contributed by atoms with Crippen molar-refractivity contribution in [1.29, 1.82) is 0 Å². The number of ether oxygens (including phenoxy) is 1. The average molecular weight is 224 g/mol. The first kappa shape index (κ1) is 11.6. The number of aromatic nitrogens is 1. The van der Waals surface area contributed by atoms with E-state index >= 15 is 0 Å². The predicted octanol–water partition coefficient (Wildman–Crippen LogP) is 2.07. The van der Waals surface area contributed by atoms with Gasteiger partial charge in [-0.3, -0.25) is 0 Å². The molecule has 0 bridgehead atoms. The van der Waals surface area contributed by atoms with E-state index in [0.29, 0.717) is 6.04 Å². The zero-order chi connectivity index (χ0) is 11.4. The average Bonchev–Trinajstić information content (AvgIpc) is 2.78. The highest BCUT2D eigenvalue weighted by molar-refractivity contribution is 5.01. The van der Waals surface area contributed by atoms with Crippen molar-refractivity contribution < 1.29 is 9.15 Å². The molecule has 1 fully saturated rings. The maximum atomic E-state index is 5.64. The zero-order valence-corrected chi connectivity index (χ0v) is 10.0.